The molecule has 9 heteroatoms. The van der Waals surface area contributed by atoms with E-state index in [0.717, 1.165) is 0 Å². The van der Waals surface area contributed by atoms with Gasteiger partial charge in [0.15, 0.2) is 11.2 Å². The standard InChI is InChI=1S/C11H13N5O4/c12-10-14-8-6(9(19)15-10)13-11-16(8)4-1-5(18)3(2-17)7(4)20-11/h3-5,7,17-18H,1-2H2,(H3,12,14,15,19)/t3-,4+,5+,7-/m0/s1. The van der Waals surface area contributed by atoms with Gasteiger partial charge in [-0.3, -0.25) is 14.3 Å². The molecule has 1 fully saturated rings. The van der Waals surface area contributed by atoms with Crippen LogP contribution in [0.5, 0.6) is 6.01 Å². The molecule has 4 rings (SSSR count). The van der Waals surface area contributed by atoms with E-state index in [2.05, 4.69) is 15.0 Å². The summed E-state index contributed by atoms with van der Waals surface area (Å²) < 4.78 is 7.37. The van der Waals surface area contributed by atoms with Gasteiger partial charge >= 0.3 is 0 Å². The van der Waals surface area contributed by atoms with Crippen LogP contribution in [0.1, 0.15) is 12.5 Å². The molecule has 2 aromatic heterocycles. The third-order valence-electron chi connectivity index (χ3n) is 4.10. The number of nitrogen functional groups attached to an aromatic ring is 1. The SMILES string of the molecule is Nc1nc2c(nc3n2[C@@H]2C[C@@H](O)[C@H](CO)[C@@H]2O3)c(=O)[nH]1. The van der Waals surface area contributed by atoms with Crippen LogP contribution in [0.4, 0.5) is 5.95 Å². The lowest BCUT2D eigenvalue weighted by molar-refractivity contribution is 0.0412. The predicted molar refractivity (Wildman–Crippen MR) is 67.2 cm³/mol. The highest BCUT2D eigenvalue weighted by atomic mass is 16.5. The fourth-order valence-electron chi connectivity index (χ4n) is 3.19. The topological polar surface area (TPSA) is 139 Å². The number of aliphatic hydroxyl groups is 2. The van der Waals surface area contributed by atoms with E-state index in [1.165, 1.54) is 0 Å². The van der Waals surface area contributed by atoms with E-state index in [1.807, 2.05) is 0 Å². The number of aliphatic hydroxyl groups excluding tert-OH is 2. The summed E-state index contributed by atoms with van der Waals surface area (Å²) in [4.78, 5) is 22.4. The summed E-state index contributed by atoms with van der Waals surface area (Å²) in [6.45, 7) is -0.165. The summed E-state index contributed by atoms with van der Waals surface area (Å²) in [5, 5.41) is 19.3. The summed E-state index contributed by atoms with van der Waals surface area (Å²) in [6.07, 6.45) is -0.591. The second-order valence-electron chi connectivity index (χ2n) is 5.19. The van der Waals surface area contributed by atoms with Crippen LogP contribution >= 0.6 is 0 Å². The molecule has 0 spiro atoms. The Balaban J connectivity index is 1.91. The molecule has 2 aliphatic rings. The van der Waals surface area contributed by atoms with Crippen LogP contribution < -0.4 is 16.0 Å². The molecule has 1 aliphatic heterocycles. The molecule has 0 radical (unpaired) electrons. The highest BCUT2D eigenvalue weighted by Gasteiger charge is 2.51. The van der Waals surface area contributed by atoms with Crippen molar-refractivity contribution in [1.82, 2.24) is 19.5 Å². The van der Waals surface area contributed by atoms with Gasteiger partial charge in [-0.15, -0.1) is 0 Å². The average molecular weight is 279 g/mol. The Kier molecular flexibility index (Phi) is 2.16. The van der Waals surface area contributed by atoms with Crippen molar-refractivity contribution in [3.05, 3.63) is 10.4 Å². The Morgan fingerprint density at radius 3 is 3.05 bits per heavy atom. The average Bonchev–Trinajstić information content (AvgIpc) is 2.97. The number of aromatic nitrogens is 4. The lowest BCUT2D eigenvalue weighted by atomic mass is 10.1. The molecule has 0 aromatic carbocycles. The smallest absolute Gasteiger partial charge is 0.299 e. The molecule has 9 nitrogen and oxygen atoms in total. The number of nitrogens with two attached hydrogens (primary N) is 1. The summed E-state index contributed by atoms with van der Waals surface area (Å²) in [5.74, 6) is -0.359. The second kappa shape index (κ2) is 3.70. The molecule has 3 heterocycles. The molecule has 0 bridgehead atoms. The van der Waals surface area contributed by atoms with Gasteiger partial charge in [0, 0.05) is 5.92 Å². The van der Waals surface area contributed by atoms with Crippen molar-refractivity contribution >= 4 is 17.1 Å². The monoisotopic (exact) mass is 279 g/mol. The van der Waals surface area contributed by atoms with Crippen LogP contribution in [0.3, 0.4) is 0 Å². The van der Waals surface area contributed by atoms with E-state index in [4.69, 9.17) is 10.5 Å². The van der Waals surface area contributed by atoms with Crippen molar-refractivity contribution in [3.63, 3.8) is 0 Å². The van der Waals surface area contributed by atoms with Gasteiger partial charge in [-0.1, -0.05) is 0 Å². The molecular formula is C11H13N5O4. The van der Waals surface area contributed by atoms with E-state index in [9.17, 15) is 15.0 Å². The minimum atomic E-state index is -0.653. The van der Waals surface area contributed by atoms with Gasteiger partial charge in [0.05, 0.1) is 18.8 Å². The first-order valence-electron chi connectivity index (χ1n) is 6.33. The Labute approximate surface area is 112 Å². The van der Waals surface area contributed by atoms with Crippen molar-refractivity contribution in [1.29, 1.82) is 0 Å². The molecule has 1 saturated carbocycles. The number of nitrogens with one attached hydrogen (secondary N) is 1. The van der Waals surface area contributed by atoms with Crippen molar-refractivity contribution in [3.8, 4) is 6.01 Å². The fourth-order valence-corrected chi connectivity index (χ4v) is 3.19. The van der Waals surface area contributed by atoms with Gasteiger partial charge in [-0.2, -0.15) is 9.97 Å². The van der Waals surface area contributed by atoms with Crippen molar-refractivity contribution in [2.24, 2.45) is 5.92 Å². The maximum absolute atomic E-state index is 11.8. The number of nitrogens with zero attached hydrogens (tertiary/aromatic N) is 3. The Hall–Kier alpha value is -2.13. The number of hydrogen-bond acceptors (Lipinski definition) is 7. The van der Waals surface area contributed by atoms with Gasteiger partial charge in [0.1, 0.15) is 6.10 Å². The van der Waals surface area contributed by atoms with Crippen molar-refractivity contribution < 1.29 is 14.9 Å². The van der Waals surface area contributed by atoms with E-state index in [-0.39, 0.29) is 42.1 Å². The Morgan fingerprint density at radius 2 is 2.30 bits per heavy atom. The van der Waals surface area contributed by atoms with Gasteiger partial charge in [0.2, 0.25) is 5.95 Å². The molecule has 0 amide bonds. The first-order valence-corrected chi connectivity index (χ1v) is 6.33. The lowest BCUT2D eigenvalue weighted by Gasteiger charge is -2.17. The van der Waals surface area contributed by atoms with Gasteiger partial charge in [-0.25, -0.2) is 0 Å². The highest BCUT2D eigenvalue weighted by molar-refractivity contribution is 5.73. The fraction of sp³-hybridized carbons (Fsp3) is 0.545. The number of hydrogen-bond donors (Lipinski definition) is 4. The number of aromatic amines is 1. The largest absolute Gasteiger partial charge is 0.459 e. The first-order chi connectivity index (χ1) is 9.60. The number of ether oxygens (including phenoxy) is 1. The van der Waals surface area contributed by atoms with Gasteiger partial charge in [0.25, 0.3) is 11.6 Å². The zero-order chi connectivity index (χ0) is 14.0. The van der Waals surface area contributed by atoms with E-state index >= 15 is 0 Å². The minimum absolute atomic E-state index is 0.00547. The van der Waals surface area contributed by atoms with Gasteiger partial charge in [-0.05, 0) is 6.42 Å². The summed E-state index contributed by atoms with van der Waals surface area (Å²) in [5.41, 5.74) is 5.64. The van der Waals surface area contributed by atoms with Crippen LogP contribution in [0.25, 0.3) is 11.2 Å². The van der Waals surface area contributed by atoms with Crippen molar-refractivity contribution in [2.45, 2.75) is 24.7 Å². The minimum Gasteiger partial charge on any atom is -0.459 e. The van der Waals surface area contributed by atoms with E-state index in [1.54, 1.807) is 4.57 Å². The second-order valence-corrected chi connectivity index (χ2v) is 5.19. The maximum atomic E-state index is 11.8. The molecule has 4 atom stereocenters. The summed E-state index contributed by atoms with van der Waals surface area (Å²) in [6, 6.07) is 0.0831. The highest BCUT2D eigenvalue weighted by Crippen LogP contribution is 2.45. The molecule has 2 aromatic rings. The molecular weight excluding hydrogens is 266 g/mol. The molecule has 5 N–H and O–H groups in total. The molecule has 106 valence electrons. The molecule has 0 unspecified atom stereocenters. The van der Waals surface area contributed by atoms with Crippen LogP contribution in [0.15, 0.2) is 4.79 Å². The van der Waals surface area contributed by atoms with Crippen LogP contribution in [-0.2, 0) is 0 Å². The normalized spacial score (nSPS) is 31.3. The first kappa shape index (κ1) is 11.7. The zero-order valence-corrected chi connectivity index (χ0v) is 10.4. The molecule has 0 saturated heterocycles. The van der Waals surface area contributed by atoms with Crippen LogP contribution in [-0.4, -0.2) is 48.5 Å². The number of fused-ring (bicyclic) bond motifs is 5. The maximum Gasteiger partial charge on any atom is 0.299 e. The number of H-pyrrole nitrogens is 1. The molecule has 1 aliphatic carbocycles. The van der Waals surface area contributed by atoms with Crippen molar-refractivity contribution in [2.75, 3.05) is 12.3 Å². The number of anilines is 1. The Bertz CT molecular complexity index is 753. The lowest BCUT2D eigenvalue weighted by Crippen LogP contribution is -2.30. The summed E-state index contributed by atoms with van der Waals surface area (Å²) in [7, 11) is 0. The third kappa shape index (κ3) is 1.30. The Morgan fingerprint density at radius 1 is 1.50 bits per heavy atom. The number of imidazole rings is 1. The van der Waals surface area contributed by atoms with Crippen LogP contribution in [0, 0.1) is 5.92 Å². The quantitative estimate of drug-likeness (QED) is 0.491. The van der Waals surface area contributed by atoms with Crippen LogP contribution in [0.2, 0.25) is 0 Å². The summed E-state index contributed by atoms with van der Waals surface area (Å²) >= 11 is 0. The van der Waals surface area contributed by atoms with E-state index in [0.29, 0.717) is 12.1 Å². The molecule has 20 heavy (non-hydrogen) atoms. The van der Waals surface area contributed by atoms with E-state index < -0.39 is 11.7 Å². The zero-order valence-electron chi connectivity index (χ0n) is 10.4. The third-order valence-corrected chi connectivity index (χ3v) is 4.10. The van der Waals surface area contributed by atoms with Gasteiger partial charge < -0.3 is 20.7 Å². The predicted octanol–water partition coefficient (Wildman–Crippen LogP) is -1.62. The number of rotatable bonds is 1.